The van der Waals surface area contributed by atoms with Crippen molar-refractivity contribution >= 4 is 43.4 Å². The molecule has 0 amide bonds. The van der Waals surface area contributed by atoms with Crippen LogP contribution in [0.2, 0.25) is 5.02 Å². The predicted molar refractivity (Wildman–Crippen MR) is 84.9 cm³/mol. The van der Waals surface area contributed by atoms with E-state index in [-0.39, 0.29) is 17.3 Å². The molecule has 0 radical (unpaired) electrons. The first-order valence-electron chi connectivity index (χ1n) is 5.88. The van der Waals surface area contributed by atoms with Crippen LogP contribution in [0.5, 0.6) is 0 Å². The van der Waals surface area contributed by atoms with Gasteiger partial charge in [0.1, 0.15) is 5.82 Å². The molecule has 0 saturated carbocycles. The molecule has 0 aliphatic rings. The van der Waals surface area contributed by atoms with E-state index in [0.29, 0.717) is 10.6 Å². The smallest absolute Gasteiger partial charge is 0.263 e. The summed E-state index contributed by atoms with van der Waals surface area (Å²) in [5, 5.41) is 9.46. The predicted octanol–water partition coefficient (Wildman–Crippen LogP) is 3.10. The molecule has 0 spiro atoms. The average molecular weight is 392 g/mol. The number of benzene rings is 1. The Balaban J connectivity index is 2.35. The molecule has 2 N–H and O–H groups in total. The van der Waals surface area contributed by atoms with Crippen LogP contribution in [0.3, 0.4) is 0 Å². The van der Waals surface area contributed by atoms with Crippen LogP contribution in [0.1, 0.15) is 11.1 Å². The highest BCUT2D eigenvalue weighted by Gasteiger charge is 2.16. The molecule has 0 unspecified atom stereocenters. The number of aryl methyl sites for hydroxylation is 1. The number of aromatic nitrogens is 1. The van der Waals surface area contributed by atoms with Gasteiger partial charge < -0.3 is 5.11 Å². The van der Waals surface area contributed by atoms with E-state index in [1.165, 1.54) is 24.4 Å². The number of hydrogen-bond acceptors (Lipinski definition) is 4. The molecule has 0 aliphatic carbocycles. The Kier molecular flexibility index (Phi) is 4.88. The molecule has 0 saturated heterocycles. The molecule has 8 heteroatoms. The summed E-state index contributed by atoms with van der Waals surface area (Å²) in [5.41, 5.74) is 1.20. The van der Waals surface area contributed by atoms with E-state index >= 15 is 0 Å². The average Bonchev–Trinajstić information content (AvgIpc) is 2.43. The van der Waals surface area contributed by atoms with Gasteiger partial charge in [0.2, 0.25) is 0 Å². The maximum absolute atomic E-state index is 12.3. The monoisotopic (exact) mass is 390 g/mol. The quantitative estimate of drug-likeness (QED) is 0.839. The summed E-state index contributed by atoms with van der Waals surface area (Å²) in [5.74, 6) is 0.219. The third-order valence-corrected chi connectivity index (χ3v) is 5.33. The normalized spacial score (nSPS) is 11.4. The first-order chi connectivity index (χ1) is 9.83. The Morgan fingerprint density at radius 2 is 2.10 bits per heavy atom. The number of halogens is 2. The van der Waals surface area contributed by atoms with Crippen LogP contribution in [0, 0.1) is 6.92 Å². The van der Waals surface area contributed by atoms with Crippen molar-refractivity contribution in [3.8, 4) is 0 Å². The second kappa shape index (κ2) is 6.31. The van der Waals surface area contributed by atoms with Gasteiger partial charge in [0.15, 0.2) is 0 Å². The minimum atomic E-state index is -3.79. The molecule has 1 aromatic carbocycles. The lowest BCUT2D eigenvalue weighted by Gasteiger charge is -2.10. The third kappa shape index (κ3) is 3.74. The molecule has 0 atom stereocenters. The number of aliphatic hydroxyl groups is 1. The van der Waals surface area contributed by atoms with Crippen molar-refractivity contribution in [3.05, 3.63) is 51.1 Å². The summed E-state index contributed by atoms with van der Waals surface area (Å²) in [6.45, 7) is 1.49. The van der Waals surface area contributed by atoms with E-state index in [1.807, 2.05) is 6.92 Å². The number of sulfonamides is 1. The minimum Gasteiger partial charge on any atom is -0.392 e. The Morgan fingerprint density at radius 3 is 2.71 bits per heavy atom. The highest BCUT2D eigenvalue weighted by atomic mass is 79.9. The summed E-state index contributed by atoms with van der Waals surface area (Å²) in [6, 6.07) is 5.75. The van der Waals surface area contributed by atoms with Gasteiger partial charge in [-0.1, -0.05) is 11.6 Å². The van der Waals surface area contributed by atoms with E-state index in [2.05, 4.69) is 25.6 Å². The Bertz CT molecular complexity index is 781. The second-order valence-electron chi connectivity index (χ2n) is 4.34. The number of anilines is 1. The van der Waals surface area contributed by atoms with Crippen LogP contribution in [-0.2, 0) is 16.6 Å². The van der Waals surface area contributed by atoms with Crippen LogP contribution >= 0.6 is 27.5 Å². The van der Waals surface area contributed by atoms with Gasteiger partial charge in [-0.05, 0) is 58.2 Å². The van der Waals surface area contributed by atoms with E-state index in [9.17, 15) is 8.42 Å². The number of nitrogens with zero attached hydrogens (tertiary/aromatic N) is 1. The minimum absolute atomic E-state index is 0.0123. The zero-order valence-electron chi connectivity index (χ0n) is 11.0. The fraction of sp³-hybridized carbons (Fsp3) is 0.154. The van der Waals surface area contributed by atoms with Crippen molar-refractivity contribution in [2.24, 2.45) is 0 Å². The van der Waals surface area contributed by atoms with Crippen molar-refractivity contribution in [3.63, 3.8) is 0 Å². The molecule has 0 bridgehead atoms. The molecule has 5 nitrogen and oxygen atoms in total. The zero-order valence-corrected chi connectivity index (χ0v) is 14.1. The molecular weight excluding hydrogens is 380 g/mol. The van der Waals surface area contributed by atoms with Crippen LogP contribution in [0.25, 0.3) is 0 Å². The topological polar surface area (TPSA) is 79.3 Å². The standard InChI is InChI=1S/C13H12BrClN2O3S/c1-8-4-13(16-6-11(8)14)17-21(19,20)10-2-3-12(15)9(5-10)7-18/h2-6,18H,7H2,1H3,(H,16,17). The van der Waals surface area contributed by atoms with Crippen molar-refractivity contribution < 1.29 is 13.5 Å². The lowest BCUT2D eigenvalue weighted by Crippen LogP contribution is -2.14. The highest BCUT2D eigenvalue weighted by molar-refractivity contribution is 9.10. The molecule has 1 heterocycles. The first-order valence-corrected chi connectivity index (χ1v) is 8.53. The maximum atomic E-state index is 12.3. The van der Waals surface area contributed by atoms with Crippen LogP contribution in [0.15, 0.2) is 39.8 Å². The van der Waals surface area contributed by atoms with Gasteiger partial charge in [-0.25, -0.2) is 13.4 Å². The summed E-state index contributed by atoms with van der Waals surface area (Å²) in [7, 11) is -3.79. The number of nitrogens with one attached hydrogen (secondary N) is 1. The van der Waals surface area contributed by atoms with Gasteiger partial charge in [-0.3, -0.25) is 4.72 Å². The third-order valence-electron chi connectivity index (χ3n) is 2.78. The van der Waals surface area contributed by atoms with Crippen LogP contribution in [-0.4, -0.2) is 18.5 Å². The van der Waals surface area contributed by atoms with Gasteiger partial charge in [0.25, 0.3) is 10.0 Å². The maximum Gasteiger partial charge on any atom is 0.263 e. The molecular formula is C13H12BrClN2O3S. The van der Waals surface area contributed by atoms with Crippen LogP contribution in [0.4, 0.5) is 5.82 Å². The van der Waals surface area contributed by atoms with E-state index < -0.39 is 10.0 Å². The molecule has 112 valence electrons. The van der Waals surface area contributed by atoms with Gasteiger partial charge in [-0.15, -0.1) is 0 Å². The highest BCUT2D eigenvalue weighted by Crippen LogP contribution is 2.23. The van der Waals surface area contributed by atoms with Crippen LogP contribution < -0.4 is 4.72 Å². The molecule has 2 aromatic rings. The molecule has 0 fully saturated rings. The van der Waals surface area contributed by atoms with E-state index in [1.54, 1.807) is 6.07 Å². The lowest BCUT2D eigenvalue weighted by atomic mass is 10.2. The summed E-state index contributed by atoms with van der Waals surface area (Å²) < 4.78 is 27.8. The first kappa shape index (κ1) is 16.2. The van der Waals surface area contributed by atoms with E-state index in [0.717, 1.165) is 10.0 Å². The van der Waals surface area contributed by atoms with Gasteiger partial charge in [-0.2, -0.15) is 0 Å². The fourth-order valence-corrected chi connectivity index (χ4v) is 3.07. The number of pyridine rings is 1. The largest absolute Gasteiger partial charge is 0.392 e. The lowest BCUT2D eigenvalue weighted by molar-refractivity contribution is 0.281. The van der Waals surface area contributed by atoms with Crippen molar-refractivity contribution in [2.75, 3.05) is 4.72 Å². The number of hydrogen-bond donors (Lipinski definition) is 2. The van der Waals surface area contributed by atoms with Gasteiger partial charge in [0, 0.05) is 15.7 Å². The fourth-order valence-electron chi connectivity index (χ4n) is 1.63. The molecule has 1 aromatic heterocycles. The Labute approximate surface area is 136 Å². The Morgan fingerprint density at radius 1 is 1.38 bits per heavy atom. The van der Waals surface area contributed by atoms with Gasteiger partial charge in [0.05, 0.1) is 11.5 Å². The van der Waals surface area contributed by atoms with Crippen molar-refractivity contribution in [1.29, 1.82) is 0 Å². The van der Waals surface area contributed by atoms with Crippen molar-refractivity contribution in [2.45, 2.75) is 18.4 Å². The summed E-state index contributed by atoms with van der Waals surface area (Å²) in [4.78, 5) is 4.01. The number of aliphatic hydroxyl groups excluding tert-OH is 1. The molecule has 0 aliphatic heterocycles. The van der Waals surface area contributed by atoms with Gasteiger partial charge >= 0.3 is 0 Å². The summed E-state index contributed by atoms with van der Waals surface area (Å²) in [6.07, 6.45) is 1.52. The Hall–Kier alpha value is -1.15. The van der Waals surface area contributed by atoms with Crippen molar-refractivity contribution in [1.82, 2.24) is 4.98 Å². The second-order valence-corrected chi connectivity index (χ2v) is 7.28. The number of rotatable bonds is 4. The SMILES string of the molecule is Cc1cc(NS(=O)(=O)c2ccc(Cl)c(CO)c2)ncc1Br. The molecule has 21 heavy (non-hydrogen) atoms. The van der Waals surface area contributed by atoms with E-state index in [4.69, 9.17) is 16.7 Å². The summed E-state index contributed by atoms with van der Waals surface area (Å²) >= 11 is 9.15. The zero-order chi connectivity index (χ0) is 15.6. The molecule has 2 rings (SSSR count).